The summed E-state index contributed by atoms with van der Waals surface area (Å²) in [6.45, 7) is 0. The topological polar surface area (TPSA) is 125 Å². The van der Waals surface area contributed by atoms with E-state index < -0.39 is 5.92 Å². The minimum atomic E-state index is -0.627. The Hall–Kier alpha value is -5.00. The Morgan fingerprint density at radius 1 is 0.912 bits per heavy atom. The molecule has 0 saturated heterocycles. The van der Waals surface area contributed by atoms with Gasteiger partial charge in [0.15, 0.2) is 16.9 Å². The molecule has 0 saturated carbocycles. The van der Waals surface area contributed by atoms with E-state index in [4.69, 9.17) is 18.6 Å². The van der Waals surface area contributed by atoms with Crippen molar-refractivity contribution in [3.63, 3.8) is 0 Å². The zero-order valence-electron chi connectivity index (χ0n) is 18.6. The summed E-state index contributed by atoms with van der Waals surface area (Å²) < 4.78 is 22.8. The first-order chi connectivity index (χ1) is 16.6. The van der Waals surface area contributed by atoms with Gasteiger partial charge < -0.3 is 18.6 Å². The minimum absolute atomic E-state index is 0.0249. The number of nitrogens with zero attached hydrogens (tertiary/aromatic N) is 4. The number of rotatable bonds is 5. The number of allylic oxidation sites excluding steroid dienone is 3. The second kappa shape index (κ2) is 9.24. The number of ether oxygens (including phenoxy) is 3. The molecule has 2 aromatic carbocycles. The SMILES string of the molecule is COc1c(C2C=C(C#N)C(=C(C#N)C#N)N=C2c2ccccc2)c(OC)c2ccoc2c1OC. The van der Waals surface area contributed by atoms with Crippen molar-refractivity contribution < 1.29 is 18.6 Å². The quantitative estimate of drug-likeness (QED) is 0.511. The first-order valence-corrected chi connectivity index (χ1v) is 10.1. The Labute approximate surface area is 195 Å². The molecule has 34 heavy (non-hydrogen) atoms. The number of methoxy groups -OCH3 is 3. The average molecular weight is 450 g/mol. The number of hydrogen-bond acceptors (Lipinski definition) is 8. The van der Waals surface area contributed by atoms with Gasteiger partial charge in [-0.25, -0.2) is 4.99 Å². The molecule has 1 aliphatic rings. The summed E-state index contributed by atoms with van der Waals surface area (Å²) in [6.07, 6.45) is 3.18. The molecule has 1 aromatic heterocycles. The largest absolute Gasteiger partial charge is 0.496 e. The van der Waals surface area contributed by atoms with Gasteiger partial charge in [0.05, 0.1) is 55.7 Å². The number of dihydropyridines is 1. The van der Waals surface area contributed by atoms with Crippen LogP contribution in [0.25, 0.3) is 11.0 Å². The van der Waals surface area contributed by atoms with Gasteiger partial charge >= 0.3 is 0 Å². The molecule has 0 N–H and O–H groups in total. The molecular weight excluding hydrogens is 432 g/mol. The van der Waals surface area contributed by atoms with Crippen LogP contribution in [-0.4, -0.2) is 27.0 Å². The zero-order valence-corrected chi connectivity index (χ0v) is 18.6. The first-order valence-electron chi connectivity index (χ1n) is 10.1. The molecule has 3 aromatic rings. The molecule has 1 unspecified atom stereocenters. The van der Waals surface area contributed by atoms with Crippen LogP contribution in [0.5, 0.6) is 17.2 Å². The van der Waals surface area contributed by atoms with Gasteiger partial charge in [-0.05, 0) is 11.6 Å². The Morgan fingerprint density at radius 3 is 2.18 bits per heavy atom. The van der Waals surface area contributed by atoms with Crippen molar-refractivity contribution in [3.8, 4) is 35.5 Å². The highest BCUT2D eigenvalue weighted by molar-refractivity contribution is 6.10. The number of benzene rings is 2. The van der Waals surface area contributed by atoms with Gasteiger partial charge in [0.25, 0.3) is 0 Å². The summed E-state index contributed by atoms with van der Waals surface area (Å²) in [5, 5.41) is 29.4. The van der Waals surface area contributed by atoms with Gasteiger partial charge in [0.1, 0.15) is 29.7 Å². The lowest BCUT2D eigenvalue weighted by Gasteiger charge is -2.26. The van der Waals surface area contributed by atoms with Gasteiger partial charge in [-0.1, -0.05) is 36.4 Å². The molecule has 0 amide bonds. The second-order valence-electron chi connectivity index (χ2n) is 7.16. The zero-order chi connectivity index (χ0) is 24.2. The van der Waals surface area contributed by atoms with Gasteiger partial charge in [-0.2, -0.15) is 15.8 Å². The lowest BCUT2D eigenvalue weighted by atomic mass is 9.83. The molecule has 1 aliphatic heterocycles. The fraction of sp³-hybridized carbons (Fsp3) is 0.154. The highest BCUT2D eigenvalue weighted by Gasteiger charge is 2.35. The fourth-order valence-electron chi connectivity index (χ4n) is 4.09. The van der Waals surface area contributed by atoms with E-state index in [1.54, 1.807) is 12.1 Å². The van der Waals surface area contributed by atoms with Crippen LogP contribution in [0.3, 0.4) is 0 Å². The molecule has 4 rings (SSSR count). The van der Waals surface area contributed by atoms with Crippen molar-refractivity contribution in [2.75, 3.05) is 21.3 Å². The maximum atomic E-state index is 9.87. The third-order valence-electron chi connectivity index (χ3n) is 5.50. The fourth-order valence-corrected chi connectivity index (χ4v) is 4.09. The van der Waals surface area contributed by atoms with Gasteiger partial charge in [-0.3, -0.25) is 0 Å². The normalized spacial score (nSPS) is 14.8. The molecule has 8 heteroatoms. The highest BCUT2D eigenvalue weighted by atomic mass is 16.5. The minimum Gasteiger partial charge on any atom is -0.496 e. The van der Waals surface area contributed by atoms with Crippen LogP contribution < -0.4 is 14.2 Å². The molecule has 0 aliphatic carbocycles. The number of hydrogen-bond donors (Lipinski definition) is 0. The predicted octanol–water partition coefficient (Wildman–Crippen LogP) is 4.80. The number of furan rings is 1. The molecule has 8 nitrogen and oxygen atoms in total. The van der Waals surface area contributed by atoms with Crippen LogP contribution in [0.1, 0.15) is 17.0 Å². The van der Waals surface area contributed by atoms with E-state index >= 15 is 0 Å². The molecule has 0 radical (unpaired) electrons. The van der Waals surface area contributed by atoms with Gasteiger partial charge in [0, 0.05) is 0 Å². The van der Waals surface area contributed by atoms with E-state index in [-0.39, 0.29) is 16.8 Å². The van der Waals surface area contributed by atoms with E-state index in [2.05, 4.69) is 11.1 Å². The molecular formula is C26H18N4O4. The second-order valence-corrected chi connectivity index (χ2v) is 7.16. The molecule has 2 heterocycles. The van der Waals surface area contributed by atoms with E-state index in [1.165, 1.54) is 27.6 Å². The monoisotopic (exact) mass is 450 g/mol. The summed E-state index contributed by atoms with van der Waals surface area (Å²) in [7, 11) is 4.54. The van der Waals surface area contributed by atoms with Crippen LogP contribution in [0.2, 0.25) is 0 Å². The maximum absolute atomic E-state index is 9.87. The van der Waals surface area contributed by atoms with Crippen molar-refractivity contribution in [2.24, 2.45) is 4.99 Å². The molecule has 1 atom stereocenters. The van der Waals surface area contributed by atoms with Crippen molar-refractivity contribution in [1.29, 1.82) is 15.8 Å². The Balaban J connectivity index is 2.13. The summed E-state index contributed by atoms with van der Waals surface area (Å²) in [5.41, 5.74) is 2.15. The van der Waals surface area contributed by atoms with Gasteiger partial charge in [0.2, 0.25) is 5.75 Å². The number of nitriles is 3. The Bertz CT molecular complexity index is 1480. The van der Waals surface area contributed by atoms with Crippen LogP contribution in [-0.2, 0) is 0 Å². The first kappa shape index (κ1) is 22.2. The van der Waals surface area contributed by atoms with E-state index in [0.29, 0.717) is 39.5 Å². The molecule has 0 spiro atoms. The van der Waals surface area contributed by atoms with E-state index in [0.717, 1.165) is 5.56 Å². The Morgan fingerprint density at radius 2 is 1.59 bits per heavy atom. The van der Waals surface area contributed by atoms with Crippen LogP contribution in [0.4, 0.5) is 0 Å². The lowest BCUT2D eigenvalue weighted by Crippen LogP contribution is -2.19. The van der Waals surface area contributed by atoms with E-state index in [1.807, 2.05) is 42.5 Å². The van der Waals surface area contributed by atoms with Crippen molar-refractivity contribution in [2.45, 2.75) is 5.92 Å². The summed E-state index contributed by atoms with van der Waals surface area (Å²) >= 11 is 0. The Kier molecular flexibility index (Phi) is 6.03. The molecule has 166 valence electrons. The number of fused-ring (bicyclic) bond motifs is 1. The third kappa shape index (κ3) is 3.43. The summed E-state index contributed by atoms with van der Waals surface area (Å²) in [5.74, 6) is 0.570. The van der Waals surface area contributed by atoms with Crippen molar-refractivity contribution >= 4 is 16.7 Å². The van der Waals surface area contributed by atoms with Crippen molar-refractivity contribution in [3.05, 3.63) is 76.7 Å². The third-order valence-corrected chi connectivity index (χ3v) is 5.50. The highest BCUT2D eigenvalue weighted by Crippen LogP contribution is 2.51. The van der Waals surface area contributed by atoms with Crippen molar-refractivity contribution in [1.82, 2.24) is 0 Å². The van der Waals surface area contributed by atoms with Crippen LogP contribution in [0.15, 0.2) is 75.0 Å². The average Bonchev–Trinajstić information content (AvgIpc) is 3.37. The van der Waals surface area contributed by atoms with Crippen LogP contribution in [0, 0.1) is 34.0 Å². The van der Waals surface area contributed by atoms with Crippen LogP contribution >= 0.6 is 0 Å². The maximum Gasteiger partial charge on any atom is 0.205 e. The van der Waals surface area contributed by atoms with Gasteiger partial charge in [-0.15, -0.1) is 0 Å². The summed E-state index contributed by atoms with van der Waals surface area (Å²) in [6, 6.07) is 16.8. The predicted molar refractivity (Wildman–Crippen MR) is 124 cm³/mol. The standard InChI is InChI=1S/C26H18N4O4/c1-31-23-18-9-10-34-24(18)26(33-3)25(32-2)20(23)19-11-16(12-27)21(17(13-28)14-29)30-22(19)15-7-5-4-6-8-15/h4-11,19H,1-3H3. The van der Waals surface area contributed by atoms with E-state index in [9.17, 15) is 15.8 Å². The summed E-state index contributed by atoms with van der Waals surface area (Å²) in [4.78, 5) is 4.66. The molecule has 0 bridgehead atoms. The lowest BCUT2D eigenvalue weighted by molar-refractivity contribution is 0.344. The number of aliphatic imine (C=N–C) groups is 1. The smallest absolute Gasteiger partial charge is 0.205 e. The molecule has 0 fully saturated rings.